The highest BCUT2D eigenvalue weighted by Crippen LogP contribution is 2.12. The molecular formula is C4H12Cl4N2. The fourth-order valence-corrected chi connectivity index (χ4v) is 0.900. The first-order chi connectivity index (χ1) is 3.42. The molecule has 10 heavy (non-hydrogen) atoms. The Hall–Kier alpha value is 1.08. The van der Waals surface area contributed by atoms with Crippen LogP contribution in [0.5, 0.6) is 0 Å². The van der Waals surface area contributed by atoms with Crippen LogP contribution in [0.15, 0.2) is 0 Å². The molecule has 2 N–H and O–H groups in total. The lowest BCUT2D eigenvalue weighted by atomic mass is 10.6. The summed E-state index contributed by atoms with van der Waals surface area (Å²) in [4.78, 5) is 1.82. The summed E-state index contributed by atoms with van der Waals surface area (Å²) in [5, 5.41) is 0. The van der Waals surface area contributed by atoms with E-state index in [0.717, 1.165) is 0 Å². The summed E-state index contributed by atoms with van der Waals surface area (Å²) in [5.41, 5.74) is 5.23. The summed E-state index contributed by atoms with van der Waals surface area (Å²) in [6.07, 6.45) is 0. The Balaban J connectivity index is -0.000000245. The van der Waals surface area contributed by atoms with Crippen LogP contribution in [0.1, 0.15) is 0 Å². The number of nitrogens with zero attached hydrogens (tertiary/aromatic N) is 1. The molecule has 66 valence electrons. The van der Waals surface area contributed by atoms with Gasteiger partial charge in [-0.3, -0.25) is 5.73 Å². The zero-order valence-electron chi connectivity index (χ0n) is 5.80. The molecule has 0 amide bonds. The van der Waals surface area contributed by atoms with E-state index in [2.05, 4.69) is 0 Å². The van der Waals surface area contributed by atoms with Crippen molar-refractivity contribution in [1.29, 1.82) is 0 Å². The standard InChI is InChI=1S/C4H10Cl2N2.2ClH/c1-8(2)3-4(5,6)7;;/h3,7H2,1-2H3;2*1H. The number of alkyl halides is 2. The molecule has 0 aliphatic heterocycles. The van der Waals surface area contributed by atoms with Gasteiger partial charge in [-0.25, -0.2) is 0 Å². The molecule has 0 bridgehead atoms. The van der Waals surface area contributed by atoms with Gasteiger partial charge in [-0.1, -0.05) is 23.2 Å². The third-order valence-electron chi connectivity index (χ3n) is 0.527. The second-order valence-electron chi connectivity index (χ2n) is 2.00. The molecule has 0 spiro atoms. The SMILES string of the molecule is CN(C)CC(N)(Cl)Cl.Cl.Cl. The minimum atomic E-state index is -1.11. The van der Waals surface area contributed by atoms with Gasteiger partial charge in [-0.05, 0) is 14.1 Å². The Morgan fingerprint density at radius 1 is 1.30 bits per heavy atom. The van der Waals surface area contributed by atoms with E-state index in [4.69, 9.17) is 28.9 Å². The van der Waals surface area contributed by atoms with Crippen molar-refractivity contribution in [3.05, 3.63) is 0 Å². The molecule has 0 aliphatic rings. The second-order valence-corrected chi connectivity index (χ2v) is 3.54. The lowest BCUT2D eigenvalue weighted by Crippen LogP contribution is -2.37. The smallest absolute Gasteiger partial charge is 0.179 e. The third-order valence-corrected chi connectivity index (χ3v) is 0.766. The first kappa shape index (κ1) is 17.2. The molecule has 0 fully saturated rings. The molecule has 0 atom stereocenters. The summed E-state index contributed by atoms with van der Waals surface area (Å²) in [6.45, 7) is 0.468. The molecule has 2 nitrogen and oxygen atoms in total. The van der Waals surface area contributed by atoms with E-state index >= 15 is 0 Å². The van der Waals surface area contributed by atoms with Gasteiger partial charge >= 0.3 is 0 Å². The van der Waals surface area contributed by atoms with Crippen LogP contribution in [0.25, 0.3) is 0 Å². The van der Waals surface area contributed by atoms with E-state index in [0.29, 0.717) is 6.54 Å². The zero-order valence-corrected chi connectivity index (χ0v) is 8.95. The van der Waals surface area contributed by atoms with Crippen LogP contribution in [0.4, 0.5) is 0 Å². The number of likely N-dealkylation sites (N-methyl/N-ethyl adjacent to an activating group) is 1. The van der Waals surface area contributed by atoms with E-state index in [9.17, 15) is 0 Å². The van der Waals surface area contributed by atoms with Gasteiger partial charge in [-0.15, -0.1) is 24.8 Å². The minimum Gasteiger partial charge on any atom is -0.305 e. The Morgan fingerprint density at radius 2 is 1.60 bits per heavy atom. The molecule has 0 heterocycles. The predicted molar refractivity (Wildman–Crippen MR) is 51.7 cm³/mol. The minimum absolute atomic E-state index is 0. The van der Waals surface area contributed by atoms with Gasteiger partial charge in [0.05, 0.1) is 0 Å². The lowest BCUT2D eigenvalue weighted by molar-refractivity contribution is 0.393. The number of rotatable bonds is 2. The summed E-state index contributed by atoms with van der Waals surface area (Å²) in [6, 6.07) is 0. The van der Waals surface area contributed by atoms with Gasteiger partial charge < -0.3 is 4.90 Å². The fraction of sp³-hybridized carbons (Fsp3) is 1.00. The first-order valence-corrected chi connectivity index (χ1v) is 2.99. The van der Waals surface area contributed by atoms with Crippen molar-refractivity contribution in [3.8, 4) is 0 Å². The average Bonchev–Trinajstić information content (AvgIpc) is 1.21. The summed E-state index contributed by atoms with van der Waals surface area (Å²) in [5.74, 6) is 0. The summed E-state index contributed by atoms with van der Waals surface area (Å²) in [7, 11) is 3.71. The highest BCUT2D eigenvalue weighted by Gasteiger charge is 2.16. The number of halogens is 4. The molecule has 0 radical (unpaired) electrons. The fourth-order valence-electron chi connectivity index (χ4n) is 0.422. The van der Waals surface area contributed by atoms with E-state index in [-0.39, 0.29) is 24.8 Å². The number of nitrogens with two attached hydrogens (primary N) is 1. The molecule has 0 saturated heterocycles. The van der Waals surface area contributed by atoms with Crippen LogP contribution in [0, 0.1) is 0 Å². The topological polar surface area (TPSA) is 29.3 Å². The largest absolute Gasteiger partial charge is 0.305 e. The second kappa shape index (κ2) is 6.77. The zero-order chi connectivity index (χ0) is 6.78. The van der Waals surface area contributed by atoms with Gasteiger partial charge in [-0.2, -0.15) is 0 Å². The van der Waals surface area contributed by atoms with E-state index in [1.807, 2.05) is 19.0 Å². The van der Waals surface area contributed by atoms with E-state index in [1.165, 1.54) is 0 Å². The maximum absolute atomic E-state index is 5.43. The van der Waals surface area contributed by atoms with Gasteiger partial charge in [0.2, 0.25) is 0 Å². The van der Waals surface area contributed by atoms with Crippen molar-refractivity contribution in [2.75, 3.05) is 20.6 Å². The van der Waals surface area contributed by atoms with Crippen LogP contribution in [0.2, 0.25) is 0 Å². The van der Waals surface area contributed by atoms with Crippen LogP contribution < -0.4 is 5.73 Å². The van der Waals surface area contributed by atoms with Crippen molar-refractivity contribution >= 4 is 48.0 Å². The van der Waals surface area contributed by atoms with Crippen LogP contribution in [-0.4, -0.2) is 30.0 Å². The van der Waals surface area contributed by atoms with Gasteiger partial charge in [0.15, 0.2) is 4.46 Å². The predicted octanol–water partition coefficient (Wildman–Crippen LogP) is 1.48. The average molecular weight is 230 g/mol. The quantitative estimate of drug-likeness (QED) is 0.575. The highest BCUT2D eigenvalue weighted by atomic mass is 35.5. The van der Waals surface area contributed by atoms with Crippen molar-refractivity contribution in [2.24, 2.45) is 5.73 Å². The van der Waals surface area contributed by atoms with Crippen molar-refractivity contribution in [2.45, 2.75) is 4.46 Å². The van der Waals surface area contributed by atoms with Crippen molar-refractivity contribution in [1.82, 2.24) is 4.90 Å². The highest BCUT2D eigenvalue weighted by molar-refractivity contribution is 6.48. The summed E-state index contributed by atoms with van der Waals surface area (Å²) < 4.78 is -1.11. The Morgan fingerprint density at radius 3 is 1.60 bits per heavy atom. The molecule has 0 rings (SSSR count). The Labute approximate surface area is 83.8 Å². The molecule has 0 aromatic heterocycles. The Kier molecular flexibility index (Phi) is 11.7. The molecule has 0 saturated carbocycles. The molecule has 0 aromatic rings. The Bertz CT molecular complexity index is 70.1. The maximum atomic E-state index is 5.43. The first-order valence-electron chi connectivity index (χ1n) is 2.23. The van der Waals surface area contributed by atoms with Crippen LogP contribution in [-0.2, 0) is 0 Å². The van der Waals surface area contributed by atoms with Gasteiger partial charge in [0, 0.05) is 6.54 Å². The number of hydrogen-bond acceptors (Lipinski definition) is 2. The maximum Gasteiger partial charge on any atom is 0.179 e. The molecular weight excluding hydrogens is 218 g/mol. The summed E-state index contributed by atoms with van der Waals surface area (Å²) >= 11 is 10.9. The lowest BCUT2D eigenvalue weighted by Gasteiger charge is -2.17. The van der Waals surface area contributed by atoms with Gasteiger partial charge in [0.25, 0.3) is 0 Å². The molecule has 0 aliphatic carbocycles. The normalized spacial score (nSPS) is 10.2. The van der Waals surface area contributed by atoms with Crippen molar-refractivity contribution < 1.29 is 0 Å². The van der Waals surface area contributed by atoms with Crippen molar-refractivity contribution in [3.63, 3.8) is 0 Å². The number of hydrogen-bond donors (Lipinski definition) is 1. The molecule has 6 heteroatoms. The third kappa shape index (κ3) is 16.0. The van der Waals surface area contributed by atoms with Gasteiger partial charge in [0.1, 0.15) is 0 Å². The monoisotopic (exact) mass is 228 g/mol. The van der Waals surface area contributed by atoms with Crippen LogP contribution in [0.3, 0.4) is 0 Å². The molecule has 0 aromatic carbocycles. The van der Waals surface area contributed by atoms with Crippen LogP contribution >= 0.6 is 48.0 Å². The van der Waals surface area contributed by atoms with E-state index in [1.54, 1.807) is 0 Å². The molecule has 0 unspecified atom stereocenters. The van der Waals surface area contributed by atoms with E-state index < -0.39 is 4.46 Å².